The van der Waals surface area contributed by atoms with Crippen LogP contribution in [0, 0.1) is 0 Å². The van der Waals surface area contributed by atoms with Crippen LogP contribution in [0.4, 0.5) is 0 Å². The van der Waals surface area contributed by atoms with E-state index in [4.69, 9.17) is 5.11 Å². The van der Waals surface area contributed by atoms with Crippen LogP contribution in [-0.2, 0) is 10.1 Å². The number of carbonyl (C=O) groups is 2. The molecule has 0 aliphatic carbocycles. The van der Waals surface area contributed by atoms with Crippen LogP contribution in [0.1, 0.15) is 34.5 Å². The number of benzene rings is 1. The van der Waals surface area contributed by atoms with Crippen molar-refractivity contribution in [3.05, 3.63) is 34.9 Å². The first kappa shape index (κ1) is 15.3. The fourth-order valence-corrected chi connectivity index (χ4v) is 2.09. The largest absolute Gasteiger partial charge is 0.479 e. The lowest BCUT2D eigenvalue weighted by Crippen LogP contribution is -2.18. The smallest absolute Gasteiger partial charge is 0.337 e. The summed E-state index contributed by atoms with van der Waals surface area (Å²) in [4.78, 5) is 22.4. The third kappa shape index (κ3) is 3.40. The number of Topliss-reactive ketones (excluding diaryl/α,β-unsaturated/α-hetero) is 1. The molecule has 1 aromatic carbocycles. The van der Waals surface area contributed by atoms with Gasteiger partial charge in [0.25, 0.3) is 0 Å². The van der Waals surface area contributed by atoms with Crippen LogP contribution in [-0.4, -0.2) is 26.8 Å². The van der Waals surface area contributed by atoms with Gasteiger partial charge in [-0.25, -0.2) is 4.79 Å². The third-order valence-electron chi connectivity index (χ3n) is 2.43. The Balaban J connectivity index is 3.33. The molecule has 2 atom stereocenters. The van der Waals surface area contributed by atoms with E-state index in [1.165, 1.54) is 12.1 Å². The number of halogens is 2. The maximum atomic E-state index is 11.9. The molecule has 0 saturated carbocycles. The van der Waals surface area contributed by atoms with Gasteiger partial charge in [-0.1, -0.05) is 50.1 Å². The fraction of sp³-hybridized carbons (Fsp3) is 0.333. The van der Waals surface area contributed by atoms with Gasteiger partial charge < -0.3 is 10.2 Å². The Morgan fingerprint density at radius 2 is 2.00 bits per heavy atom. The van der Waals surface area contributed by atoms with E-state index >= 15 is 0 Å². The van der Waals surface area contributed by atoms with E-state index in [1.54, 1.807) is 13.0 Å². The number of aliphatic hydroxyl groups excluding tert-OH is 1. The number of hydrogen-bond donors (Lipinski definition) is 2. The quantitative estimate of drug-likeness (QED) is 0.609. The second-order valence-electron chi connectivity index (χ2n) is 3.78. The number of ketones is 1. The average molecular weight is 380 g/mol. The Morgan fingerprint density at radius 3 is 2.44 bits per heavy atom. The molecule has 4 nitrogen and oxygen atoms in total. The van der Waals surface area contributed by atoms with Gasteiger partial charge in [0.15, 0.2) is 11.9 Å². The SMILES string of the molecule is CC(Br)C(=O)c1ccc(CBr)cc1C(O)C(=O)O. The fourth-order valence-electron chi connectivity index (χ4n) is 1.49. The van der Waals surface area contributed by atoms with Crippen LogP contribution in [0.15, 0.2) is 18.2 Å². The maximum Gasteiger partial charge on any atom is 0.337 e. The molecule has 0 radical (unpaired) electrons. The number of carboxylic acids is 1. The molecule has 98 valence electrons. The van der Waals surface area contributed by atoms with Crippen molar-refractivity contribution in [1.82, 2.24) is 0 Å². The summed E-state index contributed by atoms with van der Waals surface area (Å²) in [6.45, 7) is 1.65. The summed E-state index contributed by atoms with van der Waals surface area (Å²) in [6.07, 6.45) is -1.70. The number of hydrogen-bond acceptors (Lipinski definition) is 3. The summed E-state index contributed by atoms with van der Waals surface area (Å²) < 4.78 is 0. The Labute approximate surface area is 121 Å². The van der Waals surface area contributed by atoms with Crippen molar-refractivity contribution < 1.29 is 19.8 Å². The minimum atomic E-state index is -1.70. The van der Waals surface area contributed by atoms with Crippen molar-refractivity contribution >= 4 is 43.6 Å². The first-order valence-corrected chi connectivity index (χ1v) is 7.20. The predicted octanol–water partition coefficient (Wildman–Crippen LogP) is 2.67. The van der Waals surface area contributed by atoms with E-state index in [9.17, 15) is 14.7 Å². The van der Waals surface area contributed by atoms with Crippen molar-refractivity contribution in [2.75, 3.05) is 0 Å². The van der Waals surface area contributed by atoms with Gasteiger partial charge in [-0.15, -0.1) is 0 Å². The summed E-state index contributed by atoms with van der Waals surface area (Å²) in [5.41, 5.74) is 1.14. The molecular formula is C12H12Br2O4. The van der Waals surface area contributed by atoms with E-state index in [1.807, 2.05) is 0 Å². The van der Waals surface area contributed by atoms with Gasteiger partial charge in [0.2, 0.25) is 0 Å². The molecule has 0 aliphatic heterocycles. The summed E-state index contributed by atoms with van der Waals surface area (Å²) in [6, 6.07) is 4.78. The Morgan fingerprint density at radius 1 is 1.39 bits per heavy atom. The molecule has 2 N–H and O–H groups in total. The van der Waals surface area contributed by atoms with Crippen LogP contribution in [0.25, 0.3) is 0 Å². The molecule has 0 fully saturated rings. The van der Waals surface area contributed by atoms with Gasteiger partial charge in [-0.2, -0.15) is 0 Å². The maximum absolute atomic E-state index is 11.9. The van der Waals surface area contributed by atoms with Gasteiger partial charge in [0.1, 0.15) is 0 Å². The first-order valence-electron chi connectivity index (χ1n) is 5.16. The van der Waals surface area contributed by atoms with Crippen molar-refractivity contribution in [2.45, 2.75) is 23.2 Å². The molecule has 6 heteroatoms. The highest BCUT2D eigenvalue weighted by atomic mass is 79.9. The average Bonchev–Trinajstić information content (AvgIpc) is 2.35. The van der Waals surface area contributed by atoms with E-state index in [-0.39, 0.29) is 16.9 Å². The zero-order valence-electron chi connectivity index (χ0n) is 9.56. The van der Waals surface area contributed by atoms with Gasteiger partial charge in [0, 0.05) is 16.5 Å². The molecule has 0 amide bonds. The lowest BCUT2D eigenvalue weighted by molar-refractivity contribution is -0.146. The summed E-state index contributed by atoms with van der Waals surface area (Å²) in [5.74, 6) is -1.63. The van der Waals surface area contributed by atoms with Crippen molar-refractivity contribution in [1.29, 1.82) is 0 Å². The zero-order valence-corrected chi connectivity index (χ0v) is 12.7. The van der Waals surface area contributed by atoms with E-state index < -0.39 is 16.9 Å². The third-order valence-corrected chi connectivity index (χ3v) is 3.49. The van der Waals surface area contributed by atoms with Crippen molar-refractivity contribution in [2.24, 2.45) is 0 Å². The van der Waals surface area contributed by atoms with Crippen LogP contribution < -0.4 is 0 Å². The first-order chi connectivity index (χ1) is 8.38. The second-order valence-corrected chi connectivity index (χ2v) is 5.71. The highest BCUT2D eigenvalue weighted by molar-refractivity contribution is 9.10. The van der Waals surface area contributed by atoms with Crippen LogP contribution in [0.3, 0.4) is 0 Å². The normalized spacial score (nSPS) is 14.0. The highest BCUT2D eigenvalue weighted by Crippen LogP contribution is 2.24. The molecular weight excluding hydrogens is 368 g/mol. The molecule has 1 rings (SSSR count). The zero-order chi connectivity index (χ0) is 13.9. The van der Waals surface area contributed by atoms with Gasteiger partial charge in [-0.3, -0.25) is 4.79 Å². The van der Waals surface area contributed by atoms with Crippen molar-refractivity contribution in [3.63, 3.8) is 0 Å². The summed E-state index contributed by atoms with van der Waals surface area (Å²) in [7, 11) is 0. The summed E-state index contributed by atoms with van der Waals surface area (Å²) >= 11 is 6.39. The van der Waals surface area contributed by atoms with Crippen LogP contribution in [0.5, 0.6) is 0 Å². The molecule has 0 aromatic heterocycles. The minimum absolute atomic E-state index is 0.121. The van der Waals surface area contributed by atoms with E-state index in [2.05, 4.69) is 31.9 Å². The highest BCUT2D eigenvalue weighted by Gasteiger charge is 2.24. The van der Waals surface area contributed by atoms with Gasteiger partial charge in [-0.05, 0) is 12.5 Å². The molecule has 2 unspecified atom stereocenters. The summed E-state index contributed by atoms with van der Waals surface area (Å²) in [5, 5.41) is 19.0. The van der Waals surface area contributed by atoms with E-state index in [0.29, 0.717) is 5.33 Å². The monoisotopic (exact) mass is 378 g/mol. The Hall–Kier alpha value is -0.720. The molecule has 0 saturated heterocycles. The van der Waals surface area contributed by atoms with Gasteiger partial charge >= 0.3 is 5.97 Å². The predicted molar refractivity (Wildman–Crippen MR) is 74.4 cm³/mol. The minimum Gasteiger partial charge on any atom is -0.479 e. The lowest BCUT2D eigenvalue weighted by atomic mass is 9.96. The molecule has 0 aliphatic rings. The number of carboxylic acid groups (broad SMARTS) is 1. The molecule has 1 aromatic rings. The van der Waals surface area contributed by atoms with E-state index in [0.717, 1.165) is 5.56 Å². The second kappa shape index (κ2) is 6.45. The molecule has 18 heavy (non-hydrogen) atoms. The van der Waals surface area contributed by atoms with Crippen molar-refractivity contribution in [3.8, 4) is 0 Å². The molecule has 0 spiro atoms. The number of carbonyl (C=O) groups excluding carboxylic acids is 1. The topological polar surface area (TPSA) is 74.6 Å². The van der Waals surface area contributed by atoms with Crippen LogP contribution in [0.2, 0.25) is 0 Å². The van der Waals surface area contributed by atoms with Crippen LogP contribution >= 0.6 is 31.9 Å². The Bertz CT molecular complexity index is 471. The number of aliphatic carboxylic acids is 1. The Kier molecular flexibility index (Phi) is 5.49. The lowest BCUT2D eigenvalue weighted by Gasteiger charge is -2.14. The molecule has 0 bridgehead atoms. The van der Waals surface area contributed by atoms with Gasteiger partial charge in [0.05, 0.1) is 4.83 Å². The number of aliphatic hydroxyl groups is 1. The molecule has 0 heterocycles. The standard InChI is InChI=1S/C12H12Br2O4/c1-6(14)10(15)8-3-2-7(5-13)4-9(8)11(16)12(17)18/h2-4,6,11,16H,5H2,1H3,(H,17,18). The number of alkyl halides is 2. The number of rotatable bonds is 5.